The van der Waals surface area contributed by atoms with Gasteiger partial charge in [-0.15, -0.1) is 0 Å². The van der Waals surface area contributed by atoms with Crippen molar-refractivity contribution in [2.75, 3.05) is 19.0 Å². The number of hydrogen-bond donors (Lipinski definition) is 1. The lowest BCUT2D eigenvalue weighted by molar-refractivity contribution is 0.472. The van der Waals surface area contributed by atoms with Crippen LogP contribution in [0.2, 0.25) is 0 Å². The number of rotatable bonds is 7. The smallest absolute Gasteiger partial charge is 0.211 e. The number of hydrogen-bond acceptors (Lipinski definition) is 6. The van der Waals surface area contributed by atoms with E-state index < -0.39 is 10.0 Å². The number of aromatic nitrogens is 5. The lowest BCUT2D eigenvalue weighted by Gasteiger charge is -2.14. The minimum absolute atomic E-state index is 0.297. The van der Waals surface area contributed by atoms with E-state index in [-0.39, 0.29) is 0 Å². The molecule has 0 bridgehead atoms. The van der Waals surface area contributed by atoms with Crippen LogP contribution < -0.4 is 5.73 Å². The number of fused-ring (bicyclic) bond motifs is 2. The Kier molecular flexibility index (Phi) is 6.13. The Hall–Kier alpha value is -4.54. The molecule has 0 aliphatic carbocycles. The van der Waals surface area contributed by atoms with E-state index in [1.807, 2.05) is 47.1 Å². The van der Waals surface area contributed by atoms with Gasteiger partial charge in [-0.3, -0.25) is 4.68 Å². The molecule has 10 heteroatoms. The summed E-state index contributed by atoms with van der Waals surface area (Å²) in [6.07, 6.45) is 4.69. The molecule has 3 heterocycles. The van der Waals surface area contributed by atoms with E-state index in [1.165, 1.54) is 22.5 Å². The molecule has 39 heavy (non-hydrogen) atoms. The monoisotopic (exact) mass is 537 g/mol. The zero-order chi connectivity index (χ0) is 27.1. The molecule has 6 aromatic rings. The van der Waals surface area contributed by atoms with Gasteiger partial charge in [-0.05, 0) is 28.8 Å². The molecule has 0 aliphatic rings. The van der Waals surface area contributed by atoms with E-state index in [0.29, 0.717) is 18.9 Å². The van der Waals surface area contributed by atoms with Crippen LogP contribution in [0.4, 0.5) is 5.82 Å². The lowest BCUT2D eigenvalue weighted by atomic mass is 10.0. The van der Waals surface area contributed by atoms with Crippen LogP contribution in [-0.2, 0) is 23.1 Å². The topological polar surface area (TPSA) is 111 Å². The van der Waals surface area contributed by atoms with Gasteiger partial charge in [0.25, 0.3) is 0 Å². The van der Waals surface area contributed by atoms with E-state index in [1.54, 1.807) is 11.6 Å². The van der Waals surface area contributed by atoms with Gasteiger partial charge in [-0.2, -0.15) is 10.2 Å². The zero-order valence-corrected chi connectivity index (χ0v) is 22.4. The number of nitrogens with zero attached hydrogens (tertiary/aromatic N) is 6. The van der Waals surface area contributed by atoms with Crippen molar-refractivity contribution in [1.82, 2.24) is 28.7 Å². The molecule has 0 saturated heterocycles. The van der Waals surface area contributed by atoms with E-state index in [4.69, 9.17) is 10.8 Å². The second kappa shape index (κ2) is 9.64. The summed E-state index contributed by atoms with van der Waals surface area (Å²) in [6, 6.07) is 26.3. The molecule has 2 N–H and O–H groups in total. The molecule has 0 saturated carbocycles. The highest BCUT2D eigenvalue weighted by molar-refractivity contribution is 7.88. The molecule has 196 valence electrons. The van der Waals surface area contributed by atoms with Crippen molar-refractivity contribution < 1.29 is 8.42 Å². The summed E-state index contributed by atoms with van der Waals surface area (Å²) in [7, 11) is -1.70. The van der Waals surface area contributed by atoms with Gasteiger partial charge in [0.1, 0.15) is 11.8 Å². The van der Waals surface area contributed by atoms with Gasteiger partial charge in [-0.1, -0.05) is 66.7 Å². The second-order valence-corrected chi connectivity index (χ2v) is 11.7. The van der Waals surface area contributed by atoms with Crippen LogP contribution in [0, 0.1) is 0 Å². The Morgan fingerprint density at radius 2 is 1.67 bits per heavy atom. The summed E-state index contributed by atoms with van der Waals surface area (Å²) in [5.41, 5.74) is 13.7. The van der Waals surface area contributed by atoms with Crippen molar-refractivity contribution in [2.45, 2.75) is 13.1 Å². The van der Waals surface area contributed by atoms with E-state index in [9.17, 15) is 8.42 Å². The fraction of sp³-hybridized carbons (Fsp3) is 0.138. The maximum atomic E-state index is 11.8. The Bertz CT molecular complexity index is 1910. The Balaban J connectivity index is 1.38. The Morgan fingerprint density at radius 1 is 0.923 bits per heavy atom. The average molecular weight is 538 g/mol. The largest absolute Gasteiger partial charge is 0.382 e. The highest BCUT2D eigenvalue weighted by Crippen LogP contribution is 2.35. The Morgan fingerprint density at radius 3 is 2.41 bits per heavy atom. The molecule has 0 unspecified atom stereocenters. The average Bonchev–Trinajstić information content (AvgIpc) is 3.50. The minimum Gasteiger partial charge on any atom is -0.382 e. The van der Waals surface area contributed by atoms with Gasteiger partial charge in [0.15, 0.2) is 5.82 Å². The van der Waals surface area contributed by atoms with Crippen LogP contribution in [0.15, 0.2) is 91.4 Å². The van der Waals surface area contributed by atoms with Gasteiger partial charge in [0.05, 0.1) is 24.0 Å². The van der Waals surface area contributed by atoms with Crippen LogP contribution >= 0.6 is 0 Å². The molecule has 0 fully saturated rings. The molecule has 0 spiro atoms. The maximum Gasteiger partial charge on any atom is 0.211 e. The summed E-state index contributed by atoms with van der Waals surface area (Å²) in [5.74, 6) is 0.382. The quantitative estimate of drug-likeness (QED) is 0.322. The summed E-state index contributed by atoms with van der Waals surface area (Å²) in [6.45, 7) is 0.992. The first kappa shape index (κ1) is 24.8. The van der Waals surface area contributed by atoms with Crippen molar-refractivity contribution in [3.05, 3.63) is 103 Å². The minimum atomic E-state index is -3.26. The van der Waals surface area contributed by atoms with Crippen LogP contribution in [0.25, 0.3) is 38.8 Å². The fourth-order valence-electron chi connectivity index (χ4n) is 4.74. The van der Waals surface area contributed by atoms with Crippen LogP contribution in [0.5, 0.6) is 0 Å². The summed E-state index contributed by atoms with van der Waals surface area (Å²) in [4.78, 5) is 4.25. The lowest BCUT2D eigenvalue weighted by Crippen LogP contribution is -2.24. The molecule has 3 aromatic carbocycles. The predicted octanol–water partition coefficient (Wildman–Crippen LogP) is 4.43. The van der Waals surface area contributed by atoms with Crippen molar-refractivity contribution in [2.24, 2.45) is 0 Å². The number of nitrogens with two attached hydrogens (primary N) is 1. The van der Waals surface area contributed by atoms with E-state index in [0.717, 1.165) is 44.4 Å². The summed E-state index contributed by atoms with van der Waals surface area (Å²) < 4.78 is 28.7. The van der Waals surface area contributed by atoms with Crippen LogP contribution in [-0.4, -0.2) is 50.4 Å². The van der Waals surface area contributed by atoms with Gasteiger partial charge < -0.3 is 5.73 Å². The maximum absolute atomic E-state index is 11.8. The van der Waals surface area contributed by atoms with E-state index in [2.05, 4.69) is 52.7 Å². The summed E-state index contributed by atoms with van der Waals surface area (Å²) in [5, 5.41) is 10.4. The number of benzene rings is 3. The molecular formula is C29H27N7O2S. The number of anilines is 1. The molecule has 0 radical (unpaired) electrons. The second-order valence-electron chi connectivity index (χ2n) is 9.65. The third-order valence-corrected chi connectivity index (χ3v) is 8.12. The molecule has 6 rings (SSSR count). The van der Waals surface area contributed by atoms with Crippen LogP contribution in [0.1, 0.15) is 11.1 Å². The highest BCUT2D eigenvalue weighted by atomic mass is 32.2. The molecule has 0 amide bonds. The predicted molar refractivity (Wildman–Crippen MR) is 153 cm³/mol. The molecule has 0 aliphatic heterocycles. The molecule has 3 aromatic heterocycles. The first-order valence-electron chi connectivity index (χ1n) is 12.4. The molecule has 9 nitrogen and oxygen atoms in total. The highest BCUT2D eigenvalue weighted by Gasteiger charge is 2.18. The first-order chi connectivity index (χ1) is 18.8. The molecular weight excluding hydrogens is 510 g/mol. The third-order valence-electron chi connectivity index (χ3n) is 6.86. The third kappa shape index (κ3) is 4.87. The Labute approximate surface area is 226 Å². The van der Waals surface area contributed by atoms with Crippen LogP contribution in [0.3, 0.4) is 0 Å². The zero-order valence-electron chi connectivity index (χ0n) is 21.6. The van der Waals surface area contributed by atoms with Crippen molar-refractivity contribution in [3.8, 4) is 22.4 Å². The number of sulfonamides is 1. The van der Waals surface area contributed by atoms with Crippen molar-refractivity contribution >= 4 is 32.3 Å². The SMILES string of the molecule is CN(Cc1ccc(-c2cc(-c3ccc4cn(Cc5ccccc5)nc4c3)c3c(N)ncnn23)cc1)S(C)(=O)=O. The standard InChI is InChI=1S/C29H27N7O2S/c1-34(39(2,37)38)16-21-8-10-22(11-9-21)27-15-25(28-29(30)31-19-32-36(27)28)23-12-13-24-18-35(33-26(24)14-23)17-20-6-4-3-5-7-20/h3-15,18-19H,16-17H2,1-2H3,(H2,30,31,32). The van der Waals surface area contributed by atoms with Gasteiger partial charge in [0, 0.05) is 36.3 Å². The first-order valence-corrected chi connectivity index (χ1v) is 14.3. The van der Waals surface area contributed by atoms with Crippen molar-refractivity contribution in [3.63, 3.8) is 0 Å². The van der Waals surface area contributed by atoms with E-state index >= 15 is 0 Å². The summed E-state index contributed by atoms with van der Waals surface area (Å²) >= 11 is 0. The fourth-order valence-corrected chi connectivity index (χ4v) is 5.12. The molecule has 0 atom stereocenters. The van der Waals surface area contributed by atoms with Gasteiger partial charge in [0.2, 0.25) is 10.0 Å². The normalized spacial score (nSPS) is 12.1. The van der Waals surface area contributed by atoms with Gasteiger partial charge >= 0.3 is 0 Å². The number of nitrogen functional groups attached to an aromatic ring is 1. The van der Waals surface area contributed by atoms with Crippen molar-refractivity contribution in [1.29, 1.82) is 0 Å². The van der Waals surface area contributed by atoms with Gasteiger partial charge in [-0.25, -0.2) is 22.2 Å².